The van der Waals surface area contributed by atoms with Crippen LogP contribution >= 0.6 is 0 Å². The van der Waals surface area contributed by atoms with Crippen LogP contribution in [-0.2, 0) is 14.3 Å². The number of aromatic amines is 1. The zero-order valence-electron chi connectivity index (χ0n) is 17.4. The number of piperidine rings is 1. The number of nitrogens with one attached hydrogen (secondary N) is 2. The molecule has 2 atom stereocenters. The number of anilines is 1. The summed E-state index contributed by atoms with van der Waals surface area (Å²) >= 11 is 0. The second-order valence-electron chi connectivity index (χ2n) is 7.52. The maximum atomic E-state index is 12.7. The van der Waals surface area contributed by atoms with Gasteiger partial charge in [-0.15, -0.1) is 0 Å². The van der Waals surface area contributed by atoms with Crippen LogP contribution in [0.15, 0.2) is 18.5 Å². The Kier molecular flexibility index (Phi) is 7.09. The van der Waals surface area contributed by atoms with Crippen LogP contribution < -0.4 is 5.32 Å². The van der Waals surface area contributed by atoms with Crippen LogP contribution in [0.25, 0.3) is 11.0 Å². The number of hydrogen-bond acceptors (Lipinski definition) is 6. The van der Waals surface area contributed by atoms with Gasteiger partial charge in [-0.3, -0.25) is 4.79 Å². The fraction of sp³-hybridized carbons (Fsp3) is 0.571. The summed E-state index contributed by atoms with van der Waals surface area (Å²) in [7, 11) is 1.56. The minimum atomic E-state index is -0.442. The summed E-state index contributed by atoms with van der Waals surface area (Å²) in [5.74, 6) is 0.106. The minimum absolute atomic E-state index is 0.0376. The summed E-state index contributed by atoms with van der Waals surface area (Å²) in [5.41, 5.74) is 1.78. The Morgan fingerprint density at radius 3 is 2.97 bits per heavy atom. The molecule has 2 aromatic heterocycles. The van der Waals surface area contributed by atoms with E-state index in [0.29, 0.717) is 42.4 Å². The summed E-state index contributed by atoms with van der Waals surface area (Å²) in [4.78, 5) is 34.4. The molecule has 8 nitrogen and oxygen atoms in total. The normalized spacial score (nSPS) is 19.3. The second-order valence-corrected chi connectivity index (χ2v) is 7.52. The van der Waals surface area contributed by atoms with Crippen LogP contribution in [0.5, 0.6) is 0 Å². The second kappa shape index (κ2) is 9.73. The van der Waals surface area contributed by atoms with Crippen molar-refractivity contribution in [3.8, 4) is 0 Å². The van der Waals surface area contributed by atoms with Crippen LogP contribution in [0.1, 0.15) is 43.5 Å². The van der Waals surface area contributed by atoms with Crippen molar-refractivity contribution in [3.05, 3.63) is 24.0 Å². The zero-order chi connectivity index (χ0) is 20.8. The molecule has 1 aliphatic rings. The van der Waals surface area contributed by atoms with Gasteiger partial charge >= 0.3 is 5.97 Å². The summed E-state index contributed by atoms with van der Waals surface area (Å²) in [6, 6.07) is 1.93. The van der Waals surface area contributed by atoms with Gasteiger partial charge in [0.25, 0.3) is 0 Å². The summed E-state index contributed by atoms with van der Waals surface area (Å²) < 4.78 is 10.3. The zero-order valence-corrected chi connectivity index (χ0v) is 17.4. The monoisotopic (exact) mass is 402 g/mol. The van der Waals surface area contributed by atoms with Crippen LogP contribution in [0.3, 0.4) is 0 Å². The van der Waals surface area contributed by atoms with Gasteiger partial charge in [0.1, 0.15) is 17.8 Å². The molecule has 158 valence electrons. The van der Waals surface area contributed by atoms with E-state index in [2.05, 4.69) is 22.2 Å². The first-order valence-corrected chi connectivity index (χ1v) is 10.2. The lowest BCUT2D eigenvalue weighted by atomic mass is 9.92. The van der Waals surface area contributed by atoms with E-state index in [4.69, 9.17) is 9.47 Å². The number of ether oxygens (including phenoxy) is 2. The van der Waals surface area contributed by atoms with Crippen molar-refractivity contribution in [1.29, 1.82) is 0 Å². The first-order valence-electron chi connectivity index (χ1n) is 10.2. The van der Waals surface area contributed by atoms with E-state index in [1.807, 2.05) is 17.9 Å². The Labute approximate surface area is 171 Å². The molecule has 0 radical (unpaired) electrons. The van der Waals surface area contributed by atoms with Crippen LogP contribution in [-0.4, -0.2) is 66.2 Å². The van der Waals surface area contributed by atoms with E-state index < -0.39 is 5.97 Å². The highest BCUT2D eigenvalue weighted by atomic mass is 16.6. The molecule has 29 heavy (non-hydrogen) atoms. The fourth-order valence-corrected chi connectivity index (χ4v) is 3.65. The molecular weight excluding hydrogens is 372 g/mol. The number of hydrogen-bond donors (Lipinski definition) is 2. The maximum absolute atomic E-state index is 12.7. The predicted octanol–water partition coefficient (Wildman–Crippen LogP) is 2.82. The fourth-order valence-electron chi connectivity index (χ4n) is 3.65. The molecule has 0 aromatic carbocycles. The molecule has 2 aromatic rings. The maximum Gasteiger partial charge on any atom is 0.341 e. The van der Waals surface area contributed by atoms with E-state index >= 15 is 0 Å². The number of likely N-dealkylation sites (tertiary alicyclic amines) is 1. The quantitative estimate of drug-likeness (QED) is 0.521. The molecule has 1 amide bonds. The van der Waals surface area contributed by atoms with Crippen molar-refractivity contribution in [2.24, 2.45) is 5.92 Å². The molecule has 0 unspecified atom stereocenters. The van der Waals surface area contributed by atoms with Gasteiger partial charge in [-0.05, 0) is 24.8 Å². The number of pyridine rings is 1. The summed E-state index contributed by atoms with van der Waals surface area (Å²) in [6.07, 6.45) is 5.65. The molecule has 8 heteroatoms. The first kappa shape index (κ1) is 21.1. The number of H-pyrrole nitrogens is 1. The minimum Gasteiger partial charge on any atom is -0.460 e. The number of nitrogens with zero attached hydrogens (tertiary/aromatic N) is 2. The van der Waals surface area contributed by atoms with Crippen molar-refractivity contribution < 1.29 is 19.1 Å². The molecule has 0 aliphatic carbocycles. The average molecular weight is 402 g/mol. The highest BCUT2D eigenvalue weighted by Gasteiger charge is 2.30. The molecular formula is C21H30N4O4. The van der Waals surface area contributed by atoms with Crippen LogP contribution in [0.2, 0.25) is 0 Å². The smallest absolute Gasteiger partial charge is 0.341 e. The Hall–Kier alpha value is -2.61. The standard InChI is InChI=1S/C21H30N4O4/c1-4-5-18(26)25-9-7-14(2)17(13-25)24-19-15-6-8-22-20(15)23-12-16(19)21(27)29-11-10-28-3/h6,8,12,14,17H,4-5,7,9-11,13H2,1-3H3,(H2,22,23,24)/t14-,17+/m0/s1. The van der Waals surface area contributed by atoms with Crippen molar-refractivity contribution in [3.63, 3.8) is 0 Å². The molecule has 1 fully saturated rings. The lowest BCUT2D eigenvalue weighted by molar-refractivity contribution is -0.132. The third-order valence-corrected chi connectivity index (χ3v) is 5.43. The number of amides is 1. The van der Waals surface area contributed by atoms with Crippen molar-refractivity contribution in [2.45, 2.75) is 39.2 Å². The largest absolute Gasteiger partial charge is 0.460 e. The Morgan fingerprint density at radius 1 is 1.38 bits per heavy atom. The van der Waals surface area contributed by atoms with Gasteiger partial charge in [0, 0.05) is 50.4 Å². The van der Waals surface area contributed by atoms with Gasteiger partial charge in [0.2, 0.25) is 5.91 Å². The molecule has 0 bridgehead atoms. The lowest BCUT2D eigenvalue weighted by Gasteiger charge is -2.38. The van der Waals surface area contributed by atoms with E-state index in [-0.39, 0.29) is 18.6 Å². The molecule has 1 saturated heterocycles. The van der Waals surface area contributed by atoms with Crippen molar-refractivity contribution in [2.75, 3.05) is 38.7 Å². The lowest BCUT2D eigenvalue weighted by Crippen LogP contribution is -2.49. The van der Waals surface area contributed by atoms with E-state index in [1.165, 1.54) is 6.20 Å². The third-order valence-electron chi connectivity index (χ3n) is 5.43. The highest BCUT2D eigenvalue weighted by Crippen LogP contribution is 2.30. The van der Waals surface area contributed by atoms with Gasteiger partial charge in [-0.25, -0.2) is 9.78 Å². The predicted molar refractivity (Wildman–Crippen MR) is 111 cm³/mol. The number of fused-ring (bicyclic) bond motifs is 1. The topological polar surface area (TPSA) is 96.6 Å². The molecule has 2 N–H and O–H groups in total. The molecule has 0 spiro atoms. The van der Waals surface area contributed by atoms with Gasteiger partial charge in [-0.1, -0.05) is 13.8 Å². The molecule has 1 aliphatic heterocycles. The van der Waals surface area contributed by atoms with Gasteiger partial charge in [-0.2, -0.15) is 0 Å². The Bertz CT molecular complexity index is 850. The van der Waals surface area contributed by atoms with Crippen molar-refractivity contribution in [1.82, 2.24) is 14.9 Å². The van der Waals surface area contributed by atoms with Crippen molar-refractivity contribution >= 4 is 28.6 Å². The number of carbonyl (C=O) groups is 2. The first-order chi connectivity index (χ1) is 14.0. The average Bonchev–Trinajstić information content (AvgIpc) is 3.19. The summed E-state index contributed by atoms with van der Waals surface area (Å²) in [6.45, 7) is 6.10. The van der Waals surface area contributed by atoms with E-state index in [9.17, 15) is 9.59 Å². The van der Waals surface area contributed by atoms with Gasteiger partial charge in [0.05, 0.1) is 12.3 Å². The van der Waals surface area contributed by atoms with Crippen LogP contribution in [0.4, 0.5) is 5.69 Å². The number of esters is 1. The Balaban J connectivity index is 1.85. The highest BCUT2D eigenvalue weighted by molar-refractivity contribution is 6.04. The number of carbonyl (C=O) groups excluding carboxylic acids is 2. The van der Waals surface area contributed by atoms with E-state index in [1.54, 1.807) is 13.3 Å². The molecule has 3 rings (SSSR count). The molecule has 0 saturated carbocycles. The van der Waals surface area contributed by atoms with Gasteiger partial charge in [0.15, 0.2) is 0 Å². The number of methoxy groups -OCH3 is 1. The molecule has 3 heterocycles. The van der Waals surface area contributed by atoms with Gasteiger partial charge < -0.3 is 24.7 Å². The van der Waals surface area contributed by atoms with E-state index in [0.717, 1.165) is 24.8 Å². The third kappa shape index (κ3) is 4.87. The SMILES string of the molecule is CCCC(=O)N1CC[C@H](C)[C@H](Nc2c(C(=O)OCCOC)cnc3[nH]ccc23)C1. The number of rotatable bonds is 8. The number of aromatic nitrogens is 2. The Morgan fingerprint density at radius 2 is 2.21 bits per heavy atom. The van der Waals surface area contributed by atoms with Crippen LogP contribution in [0, 0.1) is 5.92 Å². The summed E-state index contributed by atoms with van der Waals surface area (Å²) in [5, 5.41) is 4.37.